The minimum Gasteiger partial charge on any atom is -0.456 e. The van der Waals surface area contributed by atoms with Gasteiger partial charge < -0.3 is 13.4 Å². The molecular formula is C30H16BNO2. The Bertz CT molecular complexity index is 2040. The van der Waals surface area contributed by atoms with Crippen LogP contribution in [0.15, 0.2) is 106 Å². The summed E-state index contributed by atoms with van der Waals surface area (Å²) in [7, 11) is 6.08. The van der Waals surface area contributed by atoms with Gasteiger partial charge in [0.1, 0.15) is 30.2 Å². The summed E-state index contributed by atoms with van der Waals surface area (Å²) in [4.78, 5) is 0. The van der Waals surface area contributed by atoms with Crippen molar-refractivity contribution >= 4 is 79.0 Å². The van der Waals surface area contributed by atoms with E-state index in [0.717, 1.165) is 49.6 Å². The van der Waals surface area contributed by atoms with Crippen molar-refractivity contribution < 1.29 is 8.83 Å². The smallest absolute Gasteiger partial charge is 0.147 e. The second-order valence-electron chi connectivity index (χ2n) is 8.83. The second-order valence-corrected chi connectivity index (χ2v) is 8.83. The van der Waals surface area contributed by atoms with Gasteiger partial charge in [-0.15, -0.1) is 0 Å². The molecule has 8 aromatic rings. The Labute approximate surface area is 195 Å². The van der Waals surface area contributed by atoms with Crippen LogP contribution in [-0.2, 0) is 0 Å². The lowest BCUT2D eigenvalue weighted by Gasteiger charge is -2.07. The molecule has 3 aromatic heterocycles. The van der Waals surface area contributed by atoms with E-state index in [0.29, 0.717) is 5.46 Å². The number of nitrogens with zero attached hydrogens (tertiary/aromatic N) is 1. The van der Waals surface area contributed by atoms with Crippen LogP contribution in [0.25, 0.3) is 71.4 Å². The lowest BCUT2D eigenvalue weighted by molar-refractivity contribution is 0.663. The summed E-state index contributed by atoms with van der Waals surface area (Å²) in [6, 6.07) is 33.4. The molecule has 0 amide bonds. The molecule has 0 saturated heterocycles. The van der Waals surface area contributed by atoms with E-state index in [-0.39, 0.29) is 0 Å². The number of furan rings is 2. The SMILES string of the molecule is [B]c1ccc2oc3ccc4c5cc(-n6c7ccccc7c7ccccc76)ccc5oc4c3c2c1. The summed E-state index contributed by atoms with van der Waals surface area (Å²) < 4.78 is 14.8. The van der Waals surface area contributed by atoms with Crippen LogP contribution in [-0.4, -0.2) is 12.4 Å². The molecule has 0 N–H and O–H groups in total. The quantitative estimate of drug-likeness (QED) is 0.253. The average molecular weight is 433 g/mol. The Morgan fingerprint density at radius 2 is 1.21 bits per heavy atom. The maximum Gasteiger partial charge on any atom is 0.147 e. The summed E-state index contributed by atoms with van der Waals surface area (Å²) in [5.74, 6) is 0. The second kappa shape index (κ2) is 6.33. The van der Waals surface area contributed by atoms with Crippen LogP contribution in [0.4, 0.5) is 0 Å². The van der Waals surface area contributed by atoms with Crippen LogP contribution in [0.5, 0.6) is 0 Å². The number of hydrogen-bond acceptors (Lipinski definition) is 2. The van der Waals surface area contributed by atoms with Crippen molar-refractivity contribution in [1.29, 1.82) is 0 Å². The summed E-state index contributed by atoms with van der Waals surface area (Å²) in [5.41, 5.74) is 7.48. The number of benzene rings is 5. The maximum atomic E-state index is 6.41. The predicted octanol–water partition coefficient (Wildman–Crippen LogP) is 7.38. The van der Waals surface area contributed by atoms with Gasteiger partial charge in [0.05, 0.1) is 16.4 Å². The molecule has 8 rings (SSSR count). The van der Waals surface area contributed by atoms with Crippen molar-refractivity contribution in [3.05, 3.63) is 97.1 Å². The van der Waals surface area contributed by atoms with Gasteiger partial charge in [-0.3, -0.25) is 0 Å². The van der Waals surface area contributed by atoms with Gasteiger partial charge in [0.15, 0.2) is 0 Å². The van der Waals surface area contributed by atoms with Gasteiger partial charge in [0, 0.05) is 32.6 Å². The standard InChI is InChI=1S/C30H16BNO2/c31-17-9-12-27-23(15-17)29-28(33-27)14-11-21-22-16-18(10-13-26(22)34-30(21)29)32-24-7-3-1-5-19(24)20-6-2-4-8-25(20)32/h1-16H. The highest BCUT2D eigenvalue weighted by Crippen LogP contribution is 2.40. The van der Waals surface area contributed by atoms with Crippen LogP contribution in [0.2, 0.25) is 0 Å². The van der Waals surface area contributed by atoms with Gasteiger partial charge in [0.25, 0.3) is 0 Å². The van der Waals surface area contributed by atoms with Crippen LogP contribution >= 0.6 is 0 Å². The number of aromatic nitrogens is 1. The number of fused-ring (bicyclic) bond motifs is 10. The molecule has 0 bridgehead atoms. The first-order valence-electron chi connectivity index (χ1n) is 11.3. The average Bonchev–Trinajstić information content (AvgIpc) is 3.52. The molecule has 156 valence electrons. The van der Waals surface area contributed by atoms with Crippen LogP contribution in [0, 0.1) is 0 Å². The molecule has 34 heavy (non-hydrogen) atoms. The highest BCUT2D eigenvalue weighted by atomic mass is 16.3. The van der Waals surface area contributed by atoms with Gasteiger partial charge in [-0.2, -0.15) is 0 Å². The van der Waals surface area contributed by atoms with Crippen LogP contribution < -0.4 is 5.46 Å². The third-order valence-corrected chi connectivity index (χ3v) is 6.92. The fraction of sp³-hybridized carbons (Fsp3) is 0. The Hall–Kier alpha value is -4.44. The Morgan fingerprint density at radius 1 is 0.529 bits per heavy atom. The minimum absolute atomic E-state index is 0.706. The zero-order valence-electron chi connectivity index (χ0n) is 18.1. The van der Waals surface area contributed by atoms with Gasteiger partial charge >= 0.3 is 0 Å². The molecule has 4 heteroatoms. The Morgan fingerprint density at radius 3 is 2.00 bits per heavy atom. The number of para-hydroxylation sites is 2. The summed E-state index contributed by atoms with van der Waals surface area (Å²) in [6.45, 7) is 0. The molecule has 3 heterocycles. The van der Waals surface area contributed by atoms with Crippen molar-refractivity contribution in [1.82, 2.24) is 4.57 Å². The molecular weight excluding hydrogens is 417 g/mol. The highest BCUT2D eigenvalue weighted by molar-refractivity contribution is 6.34. The summed E-state index contributed by atoms with van der Waals surface area (Å²) in [6.07, 6.45) is 0. The van der Waals surface area contributed by atoms with Crippen LogP contribution in [0.1, 0.15) is 0 Å². The maximum absolute atomic E-state index is 6.41. The van der Waals surface area contributed by atoms with Crippen LogP contribution in [0.3, 0.4) is 0 Å². The van der Waals surface area contributed by atoms with Crippen molar-refractivity contribution in [2.24, 2.45) is 0 Å². The molecule has 0 fully saturated rings. The topological polar surface area (TPSA) is 31.2 Å². The molecule has 0 saturated carbocycles. The Balaban J connectivity index is 1.48. The first-order chi connectivity index (χ1) is 16.8. The largest absolute Gasteiger partial charge is 0.456 e. The van der Waals surface area contributed by atoms with Gasteiger partial charge in [0.2, 0.25) is 0 Å². The predicted molar refractivity (Wildman–Crippen MR) is 141 cm³/mol. The van der Waals surface area contributed by atoms with E-state index < -0.39 is 0 Å². The van der Waals surface area contributed by atoms with E-state index in [4.69, 9.17) is 16.7 Å². The lowest BCUT2D eigenvalue weighted by Crippen LogP contribution is -1.98. The highest BCUT2D eigenvalue weighted by Gasteiger charge is 2.18. The Kier molecular flexibility index (Phi) is 3.36. The molecule has 0 atom stereocenters. The zero-order chi connectivity index (χ0) is 22.4. The molecule has 5 aromatic carbocycles. The van der Waals surface area contributed by atoms with E-state index in [2.05, 4.69) is 77.4 Å². The minimum atomic E-state index is 0.706. The zero-order valence-corrected chi connectivity index (χ0v) is 18.1. The molecule has 0 spiro atoms. The summed E-state index contributed by atoms with van der Waals surface area (Å²) >= 11 is 0. The van der Waals surface area contributed by atoms with E-state index in [1.165, 1.54) is 21.8 Å². The molecule has 2 radical (unpaired) electrons. The van der Waals surface area contributed by atoms with Gasteiger partial charge in [-0.1, -0.05) is 54.0 Å². The third kappa shape index (κ3) is 2.27. The number of rotatable bonds is 1. The van der Waals surface area contributed by atoms with Gasteiger partial charge in [-0.05, 0) is 48.5 Å². The van der Waals surface area contributed by atoms with E-state index >= 15 is 0 Å². The normalized spacial score (nSPS) is 12.2. The lowest BCUT2D eigenvalue weighted by atomic mass is 9.94. The fourth-order valence-corrected chi connectivity index (χ4v) is 5.44. The van der Waals surface area contributed by atoms with E-state index in [9.17, 15) is 0 Å². The monoisotopic (exact) mass is 433 g/mol. The van der Waals surface area contributed by atoms with E-state index in [1.807, 2.05) is 24.3 Å². The molecule has 0 unspecified atom stereocenters. The molecule has 0 aliphatic heterocycles. The fourth-order valence-electron chi connectivity index (χ4n) is 5.44. The first kappa shape index (κ1) is 18.0. The first-order valence-corrected chi connectivity index (χ1v) is 11.3. The van der Waals surface area contributed by atoms with Crippen molar-refractivity contribution in [3.8, 4) is 5.69 Å². The van der Waals surface area contributed by atoms with E-state index in [1.54, 1.807) is 0 Å². The molecule has 3 nitrogen and oxygen atoms in total. The molecule has 0 aliphatic rings. The van der Waals surface area contributed by atoms with Crippen molar-refractivity contribution in [2.75, 3.05) is 0 Å². The third-order valence-electron chi connectivity index (χ3n) is 6.92. The van der Waals surface area contributed by atoms with Crippen molar-refractivity contribution in [2.45, 2.75) is 0 Å². The molecule has 0 aliphatic carbocycles. The van der Waals surface area contributed by atoms with Gasteiger partial charge in [-0.25, -0.2) is 0 Å². The summed E-state index contributed by atoms with van der Waals surface area (Å²) in [5, 5.41) is 6.58. The van der Waals surface area contributed by atoms with Crippen molar-refractivity contribution in [3.63, 3.8) is 0 Å². The number of hydrogen-bond donors (Lipinski definition) is 0.